The maximum Gasteiger partial charge on any atom is 0.490 e. The van der Waals surface area contributed by atoms with Crippen LogP contribution in [0.3, 0.4) is 0 Å². The monoisotopic (exact) mass is 382 g/mol. The average Bonchev–Trinajstić information content (AvgIpc) is 3.34. The van der Waals surface area contributed by atoms with Gasteiger partial charge in [-0.15, -0.1) is 0 Å². The molecule has 3 aromatic rings. The van der Waals surface area contributed by atoms with Crippen LogP contribution in [0.1, 0.15) is 0 Å². The third-order valence-corrected chi connectivity index (χ3v) is 3.84. The van der Waals surface area contributed by atoms with E-state index >= 15 is 0 Å². The number of pyridine rings is 1. The van der Waals surface area contributed by atoms with E-state index in [0.29, 0.717) is 6.10 Å². The molecule has 1 aliphatic rings. The van der Waals surface area contributed by atoms with E-state index in [4.69, 9.17) is 14.6 Å². The third-order valence-electron chi connectivity index (χ3n) is 3.84. The van der Waals surface area contributed by atoms with Crippen molar-refractivity contribution in [2.75, 3.05) is 6.61 Å². The minimum absolute atomic E-state index is 0.225. The van der Waals surface area contributed by atoms with Gasteiger partial charge in [0.2, 0.25) is 0 Å². The predicted molar refractivity (Wildman–Crippen MR) is 88.6 cm³/mol. The number of carboxylic acid groups (broad SMARTS) is 1. The molecular formula is C18H14F4N2O3. The Morgan fingerprint density at radius 3 is 2.41 bits per heavy atom. The number of hydrogen-bond donors (Lipinski definition) is 1. The Morgan fingerprint density at radius 1 is 1.22 bits per heavy atom. The lowest BCUT2D eigenvalue weighted by Gasteiger charge is -2.05. The van der Waals surface area contributed by atoms with Gasteiger partial charge >= 0.3 is 12.1 Å². The molecule has 1 atom stereocenters. The zero-order valence-electron chi connectivity index (χ0n) is 13.8. The number of nitrogens with zero attached hydrogens (tertiary/aromatic N) is 2. The molecule has 1 fully saturated rings. The molecule has 1 saturated heterocycles. The fraction of sp³-hybridized carbons (Fsp3) is 0.222. The molecule has 27 heavy (non-hydrogen) atoms. The molecular weight excluding hydrogens is 368 g/mol. The Bertz CT molecular complexity index is 947. The summed E-state index contributed by atoms with van der Waals surface area (Å²) in [5.41, 5.74) is 4.02. The normalized spacial score (nSPS) is 15.9. The van der Waals surface area contributed by atoms with Crippen LogP contribution >= 0.6 is 0 Å². The Balaban J connectivity index is 0.000000260. The van der Waals surface area contributed by atoms with Gasteiger partial charge in [0.15, 0.2) is 0 Å². The van der Waals surface area contributed by atoms with Gasteiger partial charge in [-0.2, -0.15) is 13.2 Å². The Labute approximate surface area is 150 Å². The number of fused-ring (bicyclic) bond motifs is 1. The lowest BCUT2D eigenvalue weighted by Crippen LogP contribution is -2.21. The first-order valence-electron chi connectivity index (χ1n) is 7.86. The van der Waals surface area contributed by atoms with E-state index in [2.05, 4.69) is 15.6 Å². The number of carboxylic acids is 1. The molecule has 9 heteroatoms. The van der Waals surface area contributed by atoms with Gasteiger partial charge in [-0.1, -0.05) is 12.1 Å². The first-order valence-corrected chi connectivity index (χ1v) is 7.86. The van der Waals surface area contributed by atoms with E-state index in [0.717, 1.165) is 35.3 Å². The second-order valence-corrected chi connectivity index (χ2v) is 5.86. The van der Waals surface area contributed by atoms with E-state index in [1.165, 1.54) is 12.1 Å². The van der Waals surface area contributed by atoms with Gasteiger partial charge in [0, 0.05) is 18.0 Å². The van der Waals surface area contributed by atoms with Crippen molar-refractivity contribution >= 4 is 17.0 Å². The number of halogens is 4. The van der Waals surface area contributed by atoms with Crippen LogP contribution in [-0.4, -0.2) is 39.5 Å². The largest absolute Gasteiger partial charge is 0.490 e. The highest BCUT2D eigenvalue weighted by atomic mass is 19.4. The zero-order chi connectivity index (χ0) is 19.6. The Hall–Kier alpha value is -2.94. The van der Waals surface area contributed by atoms with E-state index < -0.39 is 12.1 Å². The summed E-state index contributed by atoms with van der Waals surface area (Å²) in [4.78, 5) is 13.4. The van der Waals surface area contributed by atoms with Gasteiger partial charge < -0.3 is 14.4 Å². The van der Waals surface area contributed by atoms with Crippen LogP contribution in [0, 0.1) is 5.82 Å². The number of rotatable bonds is 3. The highest BCUT2D eigenvalue weighted by Gasteiger charge is 2.38. The van der Waals surface area contributed by atoms with Crippen LogP contribution < -0.4 is 0 Å². The quantitative estimate of drug-likeness (QED) is 0.552. The number of carbonyl (C=O) groups is 1. The van der Waals surface area contributed by atoms with Crippen LogP contribution in [0.4, 0.5) is 17.6 Å². The number of aromatic nitrogens is 2. The number of aliphatic carboxylic acids is 1. The highest BCUT2D eigenvalue weighted by molar-refractivity contribution is 5.81. The maximum absolute atomic E-state index is 13.0. The van der Waals surface area contributed by atoms with E-state index in [1.807, 2.05) is 18.5 Å². The summed E-state index contributed by atoms with van der Waals surface area (Å²) in [6.07, 6.45) is -0.888. The van der Waals surface area contributed by atoms with Gasteiger partial charge in [0.25, 0.3) is 0 Å². The van der Waals surface area contributed by atoms with Crippen LogP contribution in [0.25, 0.3) is 22.2 Å². The van der Waals surface area contributed by atoms with Gasteiger partial charge in [-0.25, -0.2) is 9.18 Å². The highest BCUT2D eigenvalue weighted by Crippen LogP contribution is 2.25. The molecule has 1 aromatic carbocycles. The average molecular weight is 382 g/mol. The van der Waals surface area contributed by atoms with Gasteiger partial charge in [0.05, 0.1) is 30.3 Å². The molecule has 0 spiro atoms. The molecule has 1 aliphatic heterocycles. The third kappa shape index (κ3) is 4.82. The van der Waals surface area contributed by atoms with Crippen molar-refractivity contribution in [2.45, 2.75) is 18.8 Å². The summed E-state index contributed by atoms with van der Waals surface area (Å²) in [7, 11) is 0. The van der Waals surface area contributed by atoms with Crippen molar-refractivity contribution < 1.29 is 32.2 Å². The van der Waals surface area contributed by atoms with Crippen molar-refractivity contribution in [1.82, 2.24) is 9.55 Å². The summed E-state index contributed by atoms with van der Waals surface area (Å²) in [5.74, 6) is -2.98. The first-order chi connectivity index (χ1) is 12.7. The van der Waals surface area contributed by atoms with Crippen molar-refractivity contribution in [1.29, 1.82) is 0 Å². The van der Waals surface area contributed by atoms with Crippen LogP contribution in [-0.2, 0) is 16.1 Å². The summed E-state index contributed by atoms with van der Waals surface area (Å²) in [5, 5.41) is 7.12. The second-order valence-electron chi connectivity index (χ2n) is 5.86. The summed E-state index contributed by atoms with van der Waals surface area (Å²) in [6, 6.07) is 10.6. The molecule has 0 bridgehead atoms. The number of hydrogen-bond acceptors (Lipinski definition) is 3. The molecule has 3 heterocycles. The molecule has 0 saturated carbocycles. The number of ether oxygens (including phenoxy) is 1. The molecule has 1 N–H and O–H groups in total. The van der Waals surface area contributed by atoms with Crippen molar-refractivity contribution in [3.8, 4) is 11.1 Å². The minimum atomic E-state index is -5.08. The summed E-state index contributed by atoms with van der Waals surface area (Å²) < 4.78 is 52.2. The standard InChI is InChI=1S/C16H13FN2O.C2HF3O2/c17-13-3-1-11(2-4-13)12-7-16-15(18-8-12)5-6-19(16)9-14-10-20-14;3-2(4,5)1(6)7/h1-8,14H,9-10H2;(H,6,7). The topological polar surface area (TPSA) is 67.7 Å². The molecule has 1 unspecified atom stereocenters. The van der Waals surface area contributed by atoms with Gasteiger partial charge in [0.1, 0.15) is 5.82 Å². The summed E-state index contributed by atoms with van der Waals surface area (Å²) in [6.45, 7) is 1.70. The van der Waals surface area contributed by atoms with Crippen LogP contribution in [0.2, 0.25) is 0 Å². The SMILES string of the molecule is Fc1ccc(-c2cnc3ccn(CC4CO4)c3c2)cc1.O=C(O)C(F)(F)F. The zero-order valence-corrected chi connectivity index (χ0v) is 13.8. The minimum Gasteiger partial charge on any atom is -0.475 e. The lowest BCUT2D eigenvalue weighted by atomic mass is 10.1. The maximum atomic E-state index is 13.0. The molecule has 142 valence electrons. The summed E-state index contributed by atoms with van der Waals surface area (Å²) >= 11 is 0. The predicted octanol–water partition coefficient (Wildman–Crippen LogP) is 3.87. The fourth-order valence-electron chi connectivity index (χ4n) is 2.42. The van der Waals surface area contributed by atoms with Crippen molar-refractivity contribution in [3.63, 3.8) is 0 Å². The smallest absolute Gasteiger partial charge is 0.475 e. The van der Waals surface area contributed by atoms with E-state index in [9.17, 15) is 17.6 Å². The van der Waals surface area contributed by atoms with E-state index in [1.54, 1.807) is 12.1 Å². The molecule has 0 aliphatic carbocycles. The molecule has 5 nitrogen and oxygen atoms in total. The second kappa shape index (κ2) is 7.36. The number of benzene rings is 1. The first kappa shape index (κ1) is 18.8. The van der Waals surface area contributed by atoms with Gasteiger partial charge in [-0.05, 0) is 29.8 Å². The van der Waals surface area contributed by atoms with Crippen LogP contribution in [0.15, 0.2) is 48.8 Å². The van der Waals surface area contributed by atoms with E-state index in [-0.39, 0.29) is 5.82 Å². The molecule has 0 radical (unpaired) electrons. The van der Waals surface area contributed by atoms with Gasteiger partial charge in [-0.3, -0.25) is 4.98 Å². The lowest BCUT2D eigenvalue weighted by molar-refractivity contribution is -0.192. The Kier molecular flexibility index (Phi) is 5.13. The van der Waals surface area contributed by atoms with Crippen LogP contribution in [0.5, 0.6) is 0 Å². The number of alkyl halides is 3. The molecule has 2 aromatic heterocycles. The Morgan fingerprint density at radius 2 is 1.85 bits per heavy atom. The molecule has 0 amide bonds. The number of epoxide rings is 1. The van der Waals surface area contributed by atoms with Crippen molar-refractivity contribution in [2.24, 2.45) is 0 Å². The fourth-order valence-corrected chi connectivity index (χ4v) is 2.42. The van der Waals surface area contributed by atoms with Crippen molar-refractivity contribution in [3.05, 3.63) is 54.6 Å². The molecule has 4 rings (SSSR count).